The minimum atomic E-state index is -0.554. The Morgan fingerprint density at radius 2 is 1.79 bits per heavy atom. The van der Waals surface area contributed by atoms with Crippen molar-refractivity contribution in [2.45, 2.75) is 53.1 Å². The van der Waals surface area contributed by atoms with E-state index in [2.05, 4.69) is 5.32 Å². The topological polar surface area (TPSA) is 58.6 Å². The maximum Gasteiger partial charge on any atom is 0.242 e. The molecule has 2 aromatic carbocycles. The Kier molecular flexibility index (Phi) is 8.25. The highest BCUT2D eigenvalue weighted by Gasteiger charge is 2.26. The van der Waals surface area contributed by atoms with Gasteiger partial charge in [-0.3, -0.25) is 9.59 Å². The molecule has 0 radical (unpaired) electrons. The number of ether oxygens (including phenoxy) is 1. The molecule has 0 saturated carbocycles. The number of amides is 2. The zero-order chi connectivity index (χ0) is 21.4. The number of nitrogens with one attached hydrogen (secondary N) is 1. The molecule has 0 spiro atoms. The lowest BCUT2D eigenvalue weighted by atomic mass is 10.0. The Labute approximate surface area is 174 Å². The Hall–Kier alpha value is -2.82. The fourth-order valence-electron chi connectivity index (χ4n) is 3.16. The first-order chi connectivity index (χ1) is 13.8. The molecule has 0 bridgehead atoms. The molecule has 1 atom stereocenters. The van der Waals surface area contributed by atoms with Gasteiger partial charge in [0.15, 0.2) is 0 Å². The fourth-order valence-corrected chi connectivity index (χ4v) is 3.16. The van der Waals surface area contributed by atoms with E-state index in [1.54, 1.807) is 18.9 Å². The van der Waals surface area contributed by atoms with Crippen LogP contribution in [0.2, 0.25) is 0 Å². The summed E-state index contributed by atoms with van der Waals surface area (Å²) < 4.78 is 5.21. The van der Waals surface area contributed by atoms with Crippen LogP contribution in [0.3, 0.4) is 0 Å². The van der Waals surface area contributed by atoms with Crippen LogP contribution < -0.4 is 10.1 Å². The molecule has 0 unspecified atom stereocenters. The zero-order valence-corrected chi connectivity index (χ0v) is 18.1. The van der Waals surface area contributed by atoms with Gasteiger partial charge in [-0.05, 0) is 56.0 Å². The molecule has 0 aliphatic carbocycles. The van der Waals surface area contributed by atoms with Gasteiger partial charge in [-0.15, -0.1) is 0 Å². The highest BCUT2D eigenvalue weighted by atomic mass is 16.5. The van der Waals surface area contributed by atoms with Gasteiger partial charge in [-0.25, -0.2) is 0 Å². The molecule has 0 saturated heterocycles. The van der Waals surface area contributed by atoms with Crippen LogP contribution in [0.5, 0.6) is 5.75 Å². The molecule has 5 nitrogen and oxygen atoms in total. The molecule has 156 valence electrons. The second-order valence-corrected chi connectivity index (χ2v) is 7.44. The second kappa shape index (κ2) is 10.6. The minimum absolute atomic E-state index is 0.0614. The van der Waals surface area contributed by atoms with Crippen LogP contribution in [0.1, 0.15) is 42.5 Å². The lowest BCUT2D eigenvalue weighted by molar-refractivity contribution is -0.140. The van der Waals surface area contributed by atoms with Crippen molar-refractivity contribution in [1.29, 1.82) is 0 Å². The van der Waals surface area contributed by atoms with Crippen molar-refractivity contribution in [2.24, 2.45) is 0 Å². The highest BCUT2D eigenvalue weighted by molar-refractivity contribution is 5.88. The highest BCUT2D eigenvalue weighted by Crippen LogP contribution is 2.18. The first kappa shape index (κ1) is 22.5. The Bertz CT molecular complexity index is 831. The van der Waals surface area contributed by atoms with Gasteiger partial charge >= 0.3 is 0 Å². The zero-order valence-electron chi connectivity index (χ0n) is 18.1. The summed E-state index contributed by atoms with van der Waals surface area (Å²) in [6, 6.07) is 13.1. The number of rotatable bonds is 9. The summed E-state index contributed by atoms with van der Waals surface area (Å²) in [6.45, 7) is 8.79. The van der Waals surface area contributed by atoms with E-state index < -0.39 is 6.04 Å². The number of carbonyl (C=O) groups is 2. The number of hydrogen-bond acceptors (Lipinski definition) is 3. The minimum Gasteiger partial charge on any atom is -0.497 e. The third kappa shape index (κ3) is 6.34. The molecule has 29 heavy (non-hydrogen) atoms. The van der Waals surface area contributed by atoms with Crippen molar-refractivity contribution in [3.05, 3.63) is 64.7 Å². The van der Waals surface area contributed by atoms with Gasteiger partial charge in [0, 0.05) is 13.1 Å². The third-order valence-electron chi connectivity index (χ3n) is 5.07. The summed E-state index contributed by atoms with van der Waals surface area (Å²) in [6.07, 6.45) is 1.13. The molecule has 0 fully saturated rings. The number of benzene rings is 2. The molecule has 2 rings (SSSR count). The van der Waals surface area contributed by atoms with Crippen LogP contribution in [-0.2, 0) is 22.6 Å². The summed E-state index contributed by atoms with van der Waals surface area (Å²) in [4.78, 5) is 27.5. The number of carbonyl (C=O) groups excluding carboxylic acids is 2. The van der Waals surface area contributed by atoms with E-state index in [0.717, 1.165) is 34.4 Å². The van der Waals surface area contributed by atoms with Crippen LogP contribution >= 0.6 is 0 Å². The standard InChI is InChI=1S/C24H32N2O3/c1-6-13-25-24(28)19(4)26(16-20-9-11-22(29-5)12-10-20)23(27)15-21-14-17(2)7-8-18(21)3/h7-12,14,19H,6,13,15-16H2,1-5H3,(H,25,28)/t19-/m0/s1. The molecule has 2 amide bonds. The van der Waals surface area contributed by atoms with Gasteiger partial charge < -0.3 is 15.0 Å². The quantitative estimate of drug-likeness (QED) is 0.701. The van der Waals surface area contributed by atoms with E-state index in [1.165, 1.54) is 0 Å². The maximum atomic E-state index is 13.2. The van der Waals surface area contributed by atoms with Crippen LogP contribution in [0, 0.1) is 13.8 Å². The molecule has 5 heteroatoms. The normalized spacial score (nSPS) is 11.6. The van der Waals surface area contributed by atoms with Crippen LogP contribution in [-0.4, -0.2) is 36.4 Å². The van der Waals surface area contributed by atoms with E-state index in [4.69, 9.17) is 4.74 Å². The summed E-state index contributed by atoms with van der Waals surface area (Å²) in [5.41, 5.74) is 4.15. The van der Waals surface area contributed by atoms with Crippen molar-refractivity contribution in [2.75, 3.05) is 13.7 Å². The monoisotopic (exact) mass is 396 g/mol. The second-order valence-electron chi connectivity index (χ2n) is 7.44. The molecule has 0 heterocycles. The Morgan fingerprint density at radius 3 is 2.41 bits per heavy atom. The van der Waals surface area contributed by atoms with Gasteiger partial charge in [0.2, 0.25) is 11.8 Å². The van der Waals surface area contributed by atoms with Gasteiger partial charge in [-0.1, -0.05) is 42.8 Å². The number of aryl methyl sites for hydroxylation is 2. The first-order valence-electron chi connectivity index (χ1n) is 10.1. The molecular formula is C24H32N2O3. The number of nitrogens with zero attached hydrogens (tertiary/aromatic N) is 1. The Balaban J connectivity index is 2.25. The predicted molar refractivity (Wildman–Crippen MR) is 116 cm³/mol. The SMILES string of the molecule is CCCNC(=O)[C@H](C)N(Cc1ccc(OC)cc1)C(=O)Cc1cc(C)ccc1C. The summed E-state index contributed by atoms with van der Waals surface area (Å²) in [7, 11) is 1.62. The summed E-state index contributed by atoms with van der Waals surface area (Å²) in [5.74, 6) is 0.569. The first-order valence-corrected chi connectivity index (χ1v) is 10.1. The lowest BCUT2D eigenvalue weighted by Crippen LogP contribution is -2.48. The van der Waals surface area contributed by atoms with Crippen LogP contribution in [0.4, 0.5) is 0 Å². The van der Waals surface area contributed by atoms with Gasteiger partial charge in [-0.2, -0.15) is 0 Å². The molecule has 0 aliphatic rings. The van der Waals surface area contributed by atoms with Crippen LogP contribution in [0.25, 0.3) is 0 Å². The molecule has 0 aliphatic heterocycles. The van der Waals surface area contributed by atoms with Crippen molar-refractivity contribution in [3.8, 4) is 5.75 Å². The van der Waals surface area contributed by atoms with Crippen molar-refractivity contribution in [1.82, 2.24) is 10.2 Å². The predicted octanol–water partition coefficient (Wildman–Crippen LogP) is 3.80. The van der Waals surface area contributed by atoms with Crippen molar-refractivity contribution < 1.29 is 14.3 Å². The number of hydrogen-bond donors (Lipinski definition) is 1. The average molecular weight is 397 g/mol. The number of methoxy groups -OCH3 is 1. The van der Waals surface area contributed by atoms with E-state index in [9.17, 15) is 9.59 Å². The van der Waals surface area contributed by atoms with Gasteiger partial charge in [0.05, 0.1) is 13.5 Å². The van der Waals surface area contributed by atoms with Crippen molar-refractivity contribution >= 4 is 11.8 Å². The van der Waals surface area contributed by atoms with Gasteiger partial charge in [0.25, 0.3) is 0 Å². The Morgan fingerprint density at radius 1 is 1.10 bits per heavy atom. The smallest absolute Gasteiger partial charge is 0.242 e. The molecule has 0 aromatic heterocycles. The van der Waals surface area contributed by atoms with E-state index in [-0.39, 0.29) is 18.2 Å². The molecule has 2 aromatic rings. The van der Waals surface area contributed by atoms with E-state index >= 15 is 0 Å². The van der Waals surface area contributed by atoms with E-state index in [1.807, 2.05) is 63.2 Å². The third-order valence-corrected chi connectivity index (χ3v) is 5.07. The summed E-state index contributed by atoms with van der Waals surface area (Å²) >= 11 is 0. The summed E-state index contributed by atoms with van der Waals surface area (Å²) in [5, 5.41) is 2.90. The van der Waals surface area contributed by atoms with Crippen LogP contribution in [0.15, 0.2) is 42.5 Å². The van der Waals surface area contributed by atoms with E-state index in [0.29, 0.717) is 13.1 Å². The lowest BCUT2D eigenvalue weighted by Gasteiger charge is -2.29. The van der Waals surface area contributed by atoms with Crippen molar-refractivity contribution in [3.63, 3.8) is 0 Å². The average Bonchev–Trinajstić information content (AvgIpc) is 2.72. The van der Waals surface area contributed by atoms with Gasteiger partial charge in [0.1, 0.15) is 11.8 Å². The maximum absolute atomic E-state index is 13.2. The largest absolute Gasteiger partial charge is 0.497 e. The molecular weight excluding hydrogens is 364 g/mol. The fraction of sp³-hybridized carbons (Fsp3) is 0.417. The molecule has 1 N–H and O–H groups in total.